The summed E-state index contributed by atoms with van der Waals surface area (Å²) in [6.45, 7) is 0.562. The molecule has 0 saturated carbocycles. The Hall–Kier alpha value is -3.05. The second-order valence-corrected chi connectivity index (χ2v) is 7.08. The van der Waals surface area contributed by atoms with Crippen LogP contribution in [-0.2, 0) is 4.79 Å². The van der Waals surface area contributed by atoms with Crippen molar-refractivity contribution in [2.24, 2.45) is 0 Å². The summed E-state index contributed by atoms with van der Waals surface area (Å²) in [5, 5.41) is 3.97. The standard InChI is InChI=1S/C23H22N2O2S/c1-27-20-12-10-18(11-13-20)17-21(19-7-3-2-4-8-19)23(26)25-15-16-28-22-9-5-6-14-24-22/h2-14,17H,15-16H2,1H3,(H,25,26)/b21-17+. The molecule has 3 aromatic rings. The number of carbonyl (C=O) groups is 1. The Kier molecular flexibility index (Phi) is 7.27. The number of pyridine rings is 1. The number of aromatic nitrogens is 1. The molecule has 1 heterocycles. The summed E-state index contributed by atoms with van der Waals surface area (Å²) < 4.78 is 5.20. The molecule has 0 saturated heterocycles. The maximum absolute atomic E-state index is 12.9. The fraction of sp³-hybridized carbons (Fsp3) is 0.130. The number of rotatable bonds is 8. The van der Waals surface area contributed by atoms with Crippen LogP contribution in [0.4, 0.5) is 0 Å². The van der Waals surface area contributed by atoms with E-state index in [4.69, 9.17) is 4.74 Å². The minimum Gasteiger partial charge on any atom is -0.497 e. The SMILES string of the molecule is COc1ccc(/C=C(/C(=O)NCCSc2ccccn2)c2ccccc2)cc1. The summed E-state index contributed by atoms with van der Waals surface area (Å²) in [6, 6.07) is 23.1. The molecular formula is C23H22N2O2S. The van der Waals surface area contributed by atoms with Crippen molar-refractivity contribution in [2.75, 3.05) is 19.4 Å². The quantitative estimate of drug-likeness (QED) is 0.266. The van der Waals surface area contributed by atoms with Gasteiger partial charge in [-0.25, -0.2) is 4.98 Å². The number of methoxy groups -OCH3 is 1. The van der Waals surface area contributed by atoms with E-state index in [1.165, 1.54) is 0 Å². The van der Waals surface area contributed by atoms with Gasteiger partial charge in [-0.3, -0.25) is 4.79 Å². The van der Waals surface area contributed by atoms with Crippen molar-refractivity contribution in [3.05, 3.63) is 90.1 Å². The number of nitrogens with one attached hydrogen (secondary N) is 1. The summed E-state index contributed by atoms with van der Waals surface area (Å²) in [5.74, 6) is 1.45. The first-order chi connectivity index (χ1) is 13.8. The van der Waals surface area contributed by atoms with E-state index in [1.807, 2.05) is 78.9 Å². The Balaban J connectivity index is 1.69. The normalized spacial score (nSPS) is 11.1. The summed E-state index contributed by atoms with van der Waals surface area (Å²) in [4.78, 5) is 17.1. The predicted octanol–water partition coefficient (Wildman–Crippen LogP) is 4.54. The van der Waals surface area contributed by atoms with E-state index in [0.29, 0.717) is 12.1 Å². The van der Waals surface area contributed by atoms with Gasteiger partial charge in [0.15, 0.2) is 0 Å². The van der Waals surface area contributed by atoms with Crippen LogP contribution in [0.15, 0.2) is 84.0 Å². The first kappa shape index (κ1) is 19.7. The third-order valence-corrected chi connectivity index (χ3v) is 4.98. The fourth-order valence-corrected chi connectivity index (χ4v) is 3.34. The van der Waals surface area contributed by atoms with Crippen molar-refractivity contribution in [3.63, 3.8) is 0 Å². The first-order valence-corrected chi connectivity index (χ1v) is 9.98. The Morgan fingerprint density at radius 2 is 1.79 bits per heavy atom. The zero-order valence-corrected chi connectivity index (χ0v) is 16.5. The van der Waals surface area contributed by atoms with Crippen molar-refractivity contribution in [1.82, 2.24) is 10.3 Å². The van der Waals surface area contributed by atoms with Gasteiger partial charge in [0, 0.05) is 24.1 Å². The predicted molar refractivity (Wildman–Crippen MR) is 115 cm³/mol. The molecule has 1 aromatic heterocycles. The van der Waals surface area contributed by atoms with Crippen molar-refractivity contribution in [2.45, 2.75) is 5.03 Å². The fourth-order valence-electron chi connectivity index (χ4n) is 2.61. The molecule has 0 bridgehead atoms. The molecule has 0 aliphatic rings. The van der Waals surface area contributed by atoms with Gasteiger partial charge >= 0.3 is 0 Å². The van der Waals surface area contributed by atoms with Crippen LogP contribution in [0.5, 0.6) is 5.75 Å². The van der Waals surface area contributed by atoms with E-state index < -0.39 is 0 Å². The van der Waals surface area contributed by atoms with Gasteiger partial charge in [0.25, 0.3) is 5.91 Å². The molecule has 28 heavy (non-hydrogen) atoms. The molecule has 1 amide bonds. The molecule has 5 heteroatoms. The van der Waals surface area contributed by atoms with Crippen molar-refractivity contribution in [3.8, 4) is 5.75 Å². The summed E-state index contributed by atoms with van der Waals surface area (Å²) in [5.41, 5.74) is 2.46. The highest BCUT2D eigenvalue weighted by atomic mass is 32.2. The van der Waals surface area contributed by atoms with Gasteiger partial charge in [0.1, 0.15) is 5.75 Å². The summed E-state index contributed by atoms with van der Waals surface area (Å²) in [7, 11) is 1.64. The highest BCUT2D eigenvalue weighted by Gasteiger charge is 2.11. The lowest BCUT2D eigenvalue weighted by Crippen LogP contribution is -2.26. The summed E-state index contributed by atoms with van der Waals surface area (Å²) >= 11 is 1.62. The number of amides is 1. The van der Waals surface area contributed by atoms with Crippen LogP contribution in [-0.4, -0.2) is 30.3 Å². The minimum absolute atomic E-state index is 0.0939. The van der Waals surface area contributed by atoms with Gasteiger partial charge in [-0.05, 0) is 41.5 Å². The lowest BCUT2D eigenvalue weighted by atomic mass is 10.0. The third-order valence-electron chi connectivity index (χ3n) is 4.03. The van der Waals surface area contributed by atoms with E-state index in [-0.39, 0.29) is 5.91 Å². The Bertz CT molecular complexity index is 910. The first-order valence-electron chi connectivity index (χ1n) is 8.99. The van der Waals surface area contributed by atoms with Crippen LogP contribution in [0, 0.1) is 0 Å². The zero-order chi connectivity index (χ0) is 19.6. The van der Waals surface area contributed by atoms with Gasteiger partial charge in [-0.1, -0.05) is 48.5 Å². The van der Waals surface area contributed by atoms with Crippen LogP contribution >= 0.6 is 11.8 Å². The maximum atomic E-state index is 12.9. The van der Waals surface area contributed by atoms with E-state index in [0.717, 1.165) is 27.7 Å². The zero-order valence-electron chi connectivity index (χ0n) is 15.7. The number of hydrogen-bond donors (Lipinski definition) is 1. The number of benzene rings is 2. The Morgan fingerprint density at radius 1 is 1.04 bits per heavy atom. The van der Waals surface area contributed by atoms with E-state index >= 15 is 0 Å². The molecule has 142 valence electrons. The molecule has 1 N–H and O–H groups in total. The number of thioether (sulfide) groups is 1. The van der Waals surface area contributed by atoms with Gasteiger partial charge in [-0.15, -0.1) is 11.8 Å². The molecule has 4 nitrogen and oxygen atoms in total. The molecule has 0 aliphatic heterocycles. The second kappa shape index (κ2) is 10.3. The third kappa shape index (κ3) is 5.72. The molecule has 0 atom stereocenters. The summed E-state index contributed by atoms with van der Waals surface area (Å²) in [6.07, 6.45) is 3.67. The second-order valence-electron chi connectivity index (χ2n) is 5.97. The monoisotopic (exact) mass is 390 g/mol. The molecule has 0 unspecified atom stereocenters. The van der Waals surface area contributed by atoms with Gasteiger partial charge in [0.05, 0.1) is 12.1 Å². The molecule has 2 aromatic carbocycles. The number of hydrogen-bond acceptors (Lipinski definition) is 4. The maximum Gasteiger partial charge on any atom is 0.251 e. The Morgan fingerprint density at radius 3 is 2.46 bits per heavy atom. The molecule has 0 spiro atoms. The molecule has 0 fully saturated rings. The van der Waals surface area contributed by atoms with E-state index in [9.17, 15) is 4.79 Å². The van der Waals surface area contributed by atoms with Crippen LogP contribution in [0.1, 0.15) is 11.1 Å². The average molecular weight is 391 g/mol. The number of nitrogens with zero attached hydrogens (tertiary/aromatic N) is 1. The topological polar surface area (TPSA) is 51.2 Å². The van der Waals surface area contributed by atoms with E-state index in [2.05, 4.69) is 10.3 Å². The van der Waals surface area contributed by atoms with Crippen molar-refractivity contribution < 1.29 is 9.53 Å². The molecular weight excluding hydrogens is 368 g/mol. The van der Waals surface area contributed by atoms with Crippen LogP contribution in [0.25, 0.3) is 11.6 Å². The minimum atomic E-state index is -0.0939. The smallest absolute Gasteiger partial charge is 0.251 e. The Labute approximate surface area is 169 Å². The van der Waals surface area contributed by atoms with Crippen molar-refractivity contribution >= 4 is 29.3 Å². The molecule has 3 rings (SSSR count). The van der Waals surface area contributed by atoms with Crippen molar-refractivity contribution in [1.29, 1.82) is 0 Å². The highest BCUT2D eigenvalue weighted by molar-refractivity contribution is 7.99. The number of ether oxygens (including phenoxy) is 1. The van der Waals surface area contributed by atoms with Gasteiger partial charge in [0.2, 0.25) is 0 Å². The molecule has 0 radical (unpaired) electrons. The average Bonchev–Trinajstić information content (AvgIpc) is 2.76. The van der Waals surface area contributed by atoms with Crippen LogP contribution in [0.3, 0.4) is 0 Å². The lowest BCUT2D eigenvalue weighted by molar-refractivity contribution is -0.115. The van der Waals surface area contributed by atoms with Gasteiger partial charge < -0.3 is 10.1 Å². The van der Waals surface area contributed by atoms with E-state index in [1.54, 1.807) is 25.1 Å². The molecule has 0 aliphatic carbocycles. The largest absolute Gasteiger partial charge is 0.497 e. The number of carbonyl (C=O) groups excluding carboxylic acids is 1. The lowest BCUT2D eigenvalue weighted by Gasteiger charge is -2.10. The van der Waals surface area contributed by atoms with Crippen LogP contribution < -0.4 is 10.1 Å². The van der Waals surface area contributed by atoms with Gasteiger partial charge in [-0.2, -0.15) is 0 Å². The highest BCUT2D eigenvalue weighted by Crippen LogP contribution is 2.20. The van der Waals surface area contributed by atoms with Crippen LogP contribution in [0.2, 0.25) is 0 Å².